The fourth-order valence-corrected chi connectivity index (χ4v) is 3.11. The van der Waals surface area contributed by atoms with Crippen LogP contribution >= 0.6 is 0 Å². The highest BCUT2D eigenvalue weighted by molar-refractivity contribution is 7.87. The molecule has 2 aromatic carbocycles. The van der Waals surface area contributed by atoms with Gasteiger partial charge in [0, 0.05) is 0 Å². The zero-order valence-corrected chi connectivity index (χ0v) is 15.5. The second-order valence-corrected chi connectivity index (χ2v) is 7.53. The molecule has 0 amide bonds. The first-order valence-electron chi connectivity index (χ1n) is 7.89. The molecule has 31 heavy (non-hydrogen) atoms. The number of halogens is 3. The fraction of sp³-hybridized carbons (Fsp3) is 0.0588. The van der Waals surface area contributed by atoms with E-state index in [0.717, 1.165) is 24.3 Å². The topological polar surface area (TPSA) is 157 Å². The second kappa shape index (κ2) is 7.09. The SMILES string of the molecule is O=C(O)c1ccc2c(c1)c(=O)n(OS(=O)(=O)C(F)(F)F)c(=O)c1cc(C(=O)O)ccc12. The van der Waals surface area contributed by atoms with Crippen molar-refractivity contribution < 1.29 is 45.7 Å². The van der Waals surface area contributed by atoms with Crippen LogP contribution in [0.5, 0.6) is 0 Å². The molecule has 0 saturated carbocycles. The zero-order valence-electron chi connectivity index (χ0n) is 14.7. The summed E-state index contributed by atoms with van der Waals surface area (Å²) < 4.78 is 64.2. The lowest BCUT2D eigenvalue weighted by molar-refractivity contribution is -0.0551. The Hall–Kier alpha value is -3.94. The molecule has 0 aliphatic rings. The Morgan fingerprint density at radius 3 is 1.52 bits per heavy atom. The molecule has 3 rings (SSSR count). The minimum Gasteiger partial charge on any atom is -0.478 e. The summed E-state index contributed by atoms with van der Waals surface area (Å²) in [6, 6.07) is 5.59. The first-order chi connectivity index (χ1) is 14.2. The summed E-state index contributed by atoms with van der Waals surface area (Å²) in [5, 5.41) is 16.6. The van der Waals surface area contributed by atoms with Gasteiger partial charge in [-0.15, -0.1) is 0 Å². The molecule has 3 aromatic rings. The Morgan fingerprint density at radius 2 is 1.19 bits per heavy atom. The van der Waals surface area contributed by atoms with Crippen molar-refractivity contribution in [1.82, 2.24) is 4.73 Å². The van der Waals surface area contributed by atoms with Crippen LogP contribution < -0.4 is 15.4 Å². The van der Waals surface area contributed by atoms with Crippen LogP contribution in [0, 0.1) is 0 Å². The van der Waals surface area contributed by atoms with Crippen molar-refractivity contribution in [3.63, 3.8) is 0 Å². The summed E-state index contributed by atoms with van der Waals surface area (Å²) in [5.41, 5.74) is -10.4. The number of aromatic carboxylic acids is 2. The molecular formula is C17H8F3NO9S. The molecule has 162 valence electrons. The number of aromatic nitrogens is 1. The van der Waals surface area contributed by atoms with E-state index in [-0.39, 0.29) is 10.8 Å². The van der Waals surface area contributed by atoms with Gasteiger partial charge in [0.05, 0.1) is 21.9 Å². The molecule has 10 nitrogen and oxygen atoms in total. The second-order valence-electron chi connectivity index (χ2n) is 6.01. The van der Waals surface area contributed by atoms with Crippen LogP contribution in [-0.4, -0.2) is 40.8 Å². The smallest absolute Gasteiger partial charge is 0.478 e. The van der Waals surface area contributed by atoms with Gasteiger partial charge < -0.3 is 10.2 Å². The zero-order chi connectivity index (χ0) is 23.3. The summed E-state index contributed by atoms with van der Waals surface area (Å²) in [7, 11) is -6.49. The van der Waals surface area contributed by atoms with E-state index in [1.807, 2.05) is 0 Å². The number of rotatable bonds is 4. The number of carboxylic acid groups (broad SMARTS) is 2. The van der Waals surface area contributed by atoms with Gasteiger partial charge in [0.1, 0.15) is 0 Å². The minimum atomic E-state index is -6.49. The van der Waals surface area contributed by atoms with Gasteiger partial charge in [0.2, 0.25) is 0 Å². The molecule has 0 spiro atoms. The third-order valence-corrected chi connectivity index (χ3v) is 5.02. The average molecular weight is 459 g/mol. The van der Waals surface area contributed by atoms with Crippen LogP contribution in [0.25, 0.3) is 21.5 Å². The predicted octanol–water partition coefficient (Wildman–Crippen LogP) is 1.19. The Balaban J connectivity index is 2.60. The van der Waals surface area contributed by atoms with Crippen LogP contribution in [0.15, 0.2) is 46.0 Å². The Morgan fingerprint density at radius 1 is 0.806 bits per heavy atom. The molecule has 0 fully saturated rings. The van der Waals surface area contributed by atoms with E-state index in [9.17, 15) is 40.8 Å². The number of fused-ring (bicyclic) bond motifs is 3. The van der Waals surface area contributed by atoms with Crippen LogP contribution in [0.1, 0.15) is 20.7 Å². The summed E-state index contributed by atoms with van der Waals surface area (Å²) in [4.78, 5) is 47.9. The number of benzene rings is 2. The minimum absolute atomic E-state index is 0.161. The van der Waals surface area contributed by atoms with Crippen molar-refractivity contribution in [2.45, 2.75) is 5.51 Å². The Bertz CT molecular complexity index is 1420. The number of carboxylic acids is 2. The molecule has 0 aliphatic heterocycles. The molecule has 0 saturated heterocycles. The molecule has 0 atom stereocenters. The largest absolute Gasteiger partial charge is 0.536 e. The van der Waals surface area contributed by atoms with E-state index < -0.39 is 65.3 Å². The number of hydrogen-bond donors (Lipinski definition) is 2. The van der Waals surface area contributed by atoms with E-state index in [1.165, 1.54) is 0 Å². The highest BCUT2D eigenvalue weighted by atomic mass is 32.2. The van der Waals surface area contributed by atoms with E-state index in [1.54, 1.807) is 0 Å². The molecule has 1 heterocycles. The van der Waals surface area contributed by atoms with Gasteiger partial charge >= 0.3 is 27.6 Å². The molecule has 0 bridgehead atoms. The lowest BCUT2D eigenvalue weighted by atomic mass is 10.0. The average Bonchev–Trinajstić information content (AvgIpc) is 2.76. The van der Waals surface area contributed by atoms with Gasteiger partial charge in [-0.3, -0.25) is 13.9 Å². The normalized spacial score (nSPS) is 12.1. The van der Waals surface area contributed by atoms with Crippen molar-refractivity contribution in [2.75, 3.05) is 0 Å². The molecule has 1 aromatic heterocycles. The number of hydrogen-bond acceptors (Lipinski definition) is 7. The maximum absolute atomic E-state index is 12.8. The lowest BCUT2D eigenvalue weighted by Gasteiger charge is -2.08. The lowest BCUT2D eigenvalue weighted by Crippen LogP contribution is -2.43. The fourth-order valence-electron chi connectivity index (χ4n) is 2.70. The van der Waals surface area contributed by atoms with Crippen molar-refractivity contribution in [1.29, 1.82) is 0 Å². The maximum Gasteiger partial charge on any atom is 0.536 e. The van der Waals surface area contributed by atoms with E-state index in [0.29, 0.717) is 12.1 Å². The van der Waals surface area contributed by atoms with Crippen LogP contribution in [0.4, 0.5) is 13.2 Å². The van der Waals surface area contributed by atoms with Gasteiger partial charge in [0.25, 0.3) is 11.1 Å². The highest BCUT2D eigenvalue weighted by Crippen LogP contribution is 2.24. The molecule has 0 aliphatic carbocycles. The first kappa shape index (κ1) is 21.8. The number of alkyl halides is 3. The van der Waals surface area contributed by atoms with Crippen LogP contribution in [0.2, 0.25) is 0 Å². The van der Waals surface area contributed by atoms with E-state index in [4.69, 9.17) is 10.2 Å². The number of nitrogens with zero attached hydrogens (tertiary/aromatic N) is 1. The summed E-state index contributed by atoms with van der Waals surface area (Å²) >= 11 is 0. The standard InChI is InChI=1S/C17H8F3NO9S/c18-17(19,20)31(28,29)30-21-13(22)11-5-7(15(24)25)1-3-9(11)10-4-2-8(16(26)27)6-12(10)14(21)23/h1-6H,(H,24,25)(H,26,27). The monoisotopic (exact) mass is 459 g/mol. The van der Waals surface area contributed by atoms with Crippen LogP contribution in [-0.2, 0) is 10.1 Å². The van der Waals surface area contributed by atoms with E-state index in [2.05, 4.69) is 4.28 Å². The van der Waals surface area contributed by atoms with Crippen molar-refractivity contribution >= 4 is 43.6 Å². The summed E-state index contributed by atoms with van der Waals surface area (Å²) in [5.74, 6) is -3.05. The Kier molecular flexibility index (Phi) is 4.97. The molecule has 14 heteroatoms. The molecular weight excluding hydrogens is 451 g/mol. The van der Waals surface area contributed by atoms with Crippen molar-refractivity contribution in [2.24, 2.45) is 0 Å². The summed E-state index contributed by atoms with van der Waals surface area (Å²) in [6.07, 6.45) is 0. The third kappa shape index (κ3) is 3.68. The number of carbonyl (C=O) groups is 2. The molecule has 2 N–H and O–H groups in total. The molecule has 0 radical (unpaired) electrons. The van der Waals surface area contributed by atoms with Crippen molar-refractivity contribution in [3.8, 4) is 0 Å². The summed E-state index contributed by atoms with van der Waals surface area (Å²) in [6.45, 7) is 0. The van der Waals surface area contributed by atoms with Crippen molar-refractivity contribution in [3.05, 3.63) is 68.2 Å². The first-order valence-corrected chi connectivity index (χ1v) is 9.30. The van der Waals surface area contributed by atoms with Gasteiger partial charge in [-0.05, 0) is 35.0 Å². The predicted molar refractivity (Wildman–Crippen MR) is 97.5 cm³/mol. The molecule has 0 unspecified atom stereocenters. The highest BCUT2D eigenvalue weighted by Gasteiger charge is 2.49. The van der Waals surface area contributed by atoms with Gasteiger partial charge in [-0.25, -0.2) is 9.59 Å². The van der Waals surface area contributed by atoms with Gasteiger partial charge in [0.15, 0.2) is 0 Å². The maximum atomic E-state index is 12.8. The van der Waals surface area contributed by atoms with E-state index >= 15 is 0 Å². The quantitative estimate of drug-likeness (QED) is 0.547. The van der Waals surface area contributed by atoms with Gasteiger partial charge in [-0.1, -0.05) is 16.9 Å². The Labute approximate surface area is 168 Å². The van der Waals surface area contributed by atoms with Gasteiger partial charge in [-0.2, -0.15) is 21.6 Å². The third-order valence-electron chi connectivity index (χ3n) is 4.11. The van der Waals surface area contributed by atoms with Crippen LogP contribution in [0.3, 0.4) is 0 Å².